The van der Waals surface area contributed by atoms with Crippen LogP contribution in [-0.4, -0.2) is 23.9 Å². The maximum atomic E-state index is 12.7. The Bertz CT molecular complexity index is 475. The molecule has 0 spiro atoms. The second-order valence-electron chi connectivity index (χ2n) is 12.5. The van der Waals surface area contributed by atoms with E-state index in [4.69, 9.17) is 0 Å². The van der Waals surface area contributed by atoms with E-state index in [9.17, 15) is 9.59 Å². The Labute approximate surface area is 251 Å². The summed E-state index contributed by atoms with van der Waals surface area (Å²) in [6.07, 6.45) is 32.8. The molecular weight excluding hydrogens is 492 g/mol. The molecule has 238 valence electrons. The van der Waals surface area contributed by atoms with Crippen molar-refractivity contribution in [2.45, 2.75) is 220 Å². The third kappa shape index (κ3) is 27.1. The second kappa shape index (κ2) is 30.9. The van der Waals surface area contributed by atoms with Crippen molar-refractivity contribution in [3.8, 4) is 0 Å². The zero-order chi connectivity index (χ0) is 29.5. The van der Waals surface area contributed by atoms with E-state index in [1.165, 1.54) is 128 Å². The lowest BCUT2D eigenvalue weighted by molar-refractivity contribution is -0.123. The summed E-state index contributed by atoms with van der Waals surface area (Å²) in [4.78, 5) is 25.4. The summed E-state index contributed by atoms with van der Waals surface area (Å²) in [5, 5.41) is 6.71. The number of amides is 2. The Balaban J connectivity index is 4.37. The number of rotatable bonds is 31. The lowest BCUT2D eigenvalue weighted by Gasteiger charge is -2.20. The maximum Gasteiger partial charge on any atom is 0.220 e. The molecule has 0 atom stereocenters. The number of nitrogens with one attached hydrogen (secondary N) is 2. The van der Waals surface area contributed by atoms with Crippen LogP contribution < -0.4 is 10.6 Å². The highest BCUT2D eigenvalue weighted by molar-refractivity contribution is 5.77. The van der Waals surface area contributed by atoms with E-state index in [-0.39, 0.29) is 11.8 Å². The molecule has 40 heavy (non-hydrogen) atoms. The number of carbonyl (C=O) groups excluding carboxylic acids is 2. The van der Waals surface area contributed by atoms with Crippen LogP contribution in [0.4, 0.5) is 0 Å². The number of hydrogen-bond donors (Lipinski definition) is 2. The summed E-state index contributed by atoms with van der Waals surface area (Å²) in [5.41, 5.74) is 0. The van der Waals surface area contributed by atoms with Gasteiger partial charge in [-0.15, -0.1) is 0 Å². The molecule has 4 nitrogen and oxygen atoms in total. The van der Waals surface area contributed by atoms with Gasteiger partial charge in [-0.1, -0.05) is 156 Å². The fourth-order valence-corrected chi connectivity index (χ4v) is 5.73. The predicted octanol–water partition coefficient (Wildman–Crippen LogP) is 11.0. The van der Waals surface area contributed by atoms with E-state index in [1.54, 1.807) is 0 Å². The molecule has 4 heteroatoms. The lowest BCUT2D eigenvalue weighted by Crippen LogP contribution is -2.35. The third-order valence-corrected chi connectivity index (χ3v) is 8.41. The normalized spacial score (nSPS) is 11.4. The van der Waals surface area contributed by atoms with Crippen LogP contribution in [0.1, 0.15) is 207 Å². The highest BCUT2D eigenvalue weighted by Crippen LogP contribution is 2.16. The van der Waals surface area contributed by atoms with Gasteiger partial charge < -0.3 is 10.6 Å². The van der Waals surface area contributed by atoms with Gasteiger partial charge in [0.05, 0.1) is 0 Å². The minimum atomic E-state index is 0.185. The predicted molar refractivity (Wildman–Crippen MR) is 176 cm³/mol. The molecule has 0 saturated heterocycles. The fourth-order valence-electron chi connectivity index (χ4n) is 5.73. The first-order valence-corrected chi connectivity index (χ1v) is 18.2. The molecule has 0 rings (SSSR count). The molecule has 0 bridgehead atoms. The Kier molecular flexibility index (Phi) is 30.1. The van der Waals surface area contributed by atoms with Crippen LogP contribution >= 0.6 is 0 Å². The Hall–Kier alpha value is -1.06. The lowest BCUT2D eigenvalue weighted by atomic mass is 10.00. The number of carbonyl (C=O) groups is 2. The van der Waals surface area contributed by atoms with Gasteiger partial charge in [0.2, 0.25) is 11.8 Å². The van der Waals surface area contributed by atoms with E-state index >= 15 is 0 Å². The topological polar surface area (TPSA) is 58.2 Å². The summed E-state index contributed by atoms with van der Waals surface area (Å²) in [7, 11) is 0. The maximum absolute atomic E-state index is 12.7. The summed E-state index contributed by atoms with van der Waals surface area (Å²) in [6, 6.07) is 0.656. The van der Waals surface area contributed by atoms with Gasteiger partial charge in [0, 0.05) is 24.9 Å². The van der Waals surface area contributed by atoms with Gasteiger partial charge in [-0.3, -0.25) is 9.59 Å². The van der Waals surface area contributed by atoms with Crippen molar-refractivity contribution in [1.82, 2.24) is 10.6 Å². The van der Waals surface area contributed by atoms with Crippen molar-refractivity contribution < 1.29 is 9.59 Å². The van der Waals surface area contributed by atoms with Crippen LogP contribution in [0.5, 0.6) is 0 Å². The van der Waals surface area contributed by atoms with Crippen molar-refractivity contribution in [3.05, 3.63) is 0 Å². The van der Waals surface area contributed by atoms with Gasteiger partial charge in [0.25, 0.3) is 0 Å². The standard InChI is InChI=1S/C36H72N2O2/c1-5-9-13-17-21-27-33(28-22-18-14-10-6-2)37-35(39)31-25-26-32-36(40)38-34(29-23-19-15-11-7-3)30-24-20-16-12-8-4/h33-34H,5-32H2,1-4H3,(H,37,39)(H,38,40). The van der Waals surface area contributed by atoms with Crippen LogP contribution in [0, 0.1) is 0 Å². The van der Waals surface area contributed by atoms with Crippen LogP contribution in [0.25, 0.3) is 0 Å². The van der Waals surface area contributed by atoms with E-state index in [1.807, 2.05) is 0 Å². The van der Waals surface area contributed by atoms with E-state index in [0.29, 0.717) is 24.9 Å². The molecule has 0 aliphatic heterocycles. The highest BCUT2D eigenvalue weighted by atomic mass is 16.2. The van der Waals surface area contributed by atoms with Gasteiger partial charge in [0.15, 0.2) is 0 Å². The zero-order valence-electron chi connectivity index (χ0n) is 27.8. The van der Waals surface area contributed by atoms with Gasteiger partial charge in [-0.25, -0.2) is 0 Å². The minimum Gasteiger partial charge on any atom is -0.353 e. The molecule has 0 heterocycles. The van der Waals surface area contributed by atoms with Gasteiger partial charge >= 0.3 is 0 Å². The summed E-state index contributed by atoms with van der Waals surface area (Å²) in [5.74, 6) is 0.370. The van der Waals surface area contributed by atoms with Crippen LogP contribution in [0.2, 0.25) is 0 Å². The van der Waals surface area contributed by atoms with Crippen molar-refractivity contribution in [2.24, 2.45) is 0 Å². The summed E-state index contributed by atoms with van der Waals surface area (Å²) in [6.45, 7) is 9.03. The van der Waals surface area contributed by atoms with Gasteiger partial charge in [0.1, 0.15) is 0 Å². The molecule has 0 fully saturated rings. The third-order valence-electron chi connectivity index (χ3n) is 8.41. The molecule has 0 aromatic carbocycles. The molecule has 0 saturated carbocycles. The quantitative estimate of drug-likeness (QED) is 0.0823. The first-order chi connectivity index (χ1) is 19.6. The summed E-state index contributed by atoms with van der Waals surface area (Å²) < 4.78 is 0. The van der Waals surface area contributed by atoms with E-state index in [0.717, 1.165) is 38.5 Å². The highest BCUT2D eigenvalue weighted by Gasteiger charge is 2.14. The average Bonchev–Trinajstić information content (AvgIpc) is 2.94. The smallest absolute Gasteiger partial charge is 0.220 e. The molecule has 0 unspecified atom stereocenters. The fraction of sp³-hybridized carbons (Fsp3) is 0.944. The van der Waals surface area contributed by atoms with Gasteiger partial charge in [-0.05, 0) is 38.5 Å². The van der Waals surface area contributed by atoms with Crippen molar-refractivity contribution in [2.75, 3.05) is 0 Å². The first-order valence-electron chi connectivity index (χ1n) is 18.2. The van der Waals surface area contributed by atoms with Crippen LogP contribution in [0.15, 0.2) is 0 Å². The first kappa shape index (κ1) is 38.9. The molecule has 2 amide bonds. The van der Waals surface area contributed by atoms with E-state index in [2.05, 4.69) is 38.3 Å². The SMILES string of the molecule is CCCCCCCC(CCCCCCC)NC(=O)CCCCC(=O)NC(CCCCCCC)CCCCCCC. The number of hydrogen-bond acceptors (Lipinski definition) is 2. The van der Waals surface area contributed by atoms with Crippen molar-refractivity contribution in [1.29, 1.82) is 0 Å². The Morgan fingerprint density at radius 1 is 0.375 bits per heavy atom. The van der Waals surface area contributed by atoms with E-state index < -0.39 is 0 Å². The van der Waals surface area contributed by atoms with Crippen molar-refractivity contribution >= 4 is 11.8 Å². The largest absolute Gasteiger partial charge is 0.353 e. The molecule has 2 N–H and O–H groups in total. The van der Waals surface area contributed by atoms with Gasteiger partial charge in [-0.2, -0.15) is 0 Å². The minimum absolute atomic E-state index is 0.185. The summed E-state index contributed by atoms with van der Waals surface area (Å²) >= 11 is 0. The Morgan fingerprint density at radius 3 is 0.875 bits per heavy atom. The average molecular weight is 565 g/mol. The number of unbranched alkanes of at least 4 members (excludes halogenated alkanes) is 17. The van der Waals surface area contributed by atoms with Crippen molar-refractivity contribution in [3.63, 3.8) is 0 Å². The van der Waals surface area contributed by atoms with Crippen LogP contribution in [0.3, 0.4) is 0 Å². The molecule has 0 aliphatic rings. The molecule has 0 aliphatic carbocycles. The molecule has 0 radical (unpaired) electrons. The monoisotopic (exact) mass is 565 g/mol. The molecular formula is C36H72N2O2. The molecule has 0 aromatic heterocycles. The Morgan fingerprint density at radius 2 is 0.625 bits per heavy atom. The zero-order valence-corrected chi connectivity index (χ0v) is 27.8. The second-order valence-corrected chi connectivity index (χ2v) is 12.5. The van der Waals surface area contributed by atoms with Crippen LogP contribution in [-0.2, 0) is 9.59 Å². The molecule has 0 aromatic rings.